The van der Waals surface area contributed by atoms with Gasteiger partial charge in [-0.15, -0.1) is 0 Å². The number of rotatable bonds is 6. The van der Waals surface area contributed by atoms with Gasteiger partial charge in [0.2, 0.25) is 0 Å². The van der Waals surface area contributed by atoms with E-state index in [4.69, 9.17) is 5.73 Å². The van der Waals surface area contributed by atoms with Crippen LogP contribution in [0.1, 0.15) is 77.0 Å². The summed E-state index contributed by atoms with van der Waals surface area (Å²) in [5.74, 6) is 0.312. The minimum atomic E-state index is 0.153. The van der Waals surface area contributed by atoms with Gasteiger partial charge in [0.1, 0.15) is 5.78 Å². The second kappa shape index (κ2) is 15.7. The molecule has 0 aliphatic heterocycles. The number of Topliss-reactive ketones (excluding diaryl/α,β-unsaturated/α-hetero) is 1. The van der Waals surface area contributed by atoms with Gasteiger partial charge in [0.05, 0.1) is 6.54 Å². The van der Waals surface area contributed by atoms with Crippen molar-refractivity contribution in [1.82, 2.24) is 0 Å². The Hall–Kier alpha value is -1.15. The van der Waals surface area contributed by atoms with Gasteiger partial charge in [-0.25, -0.2) is 0 Å². The molecular weight excluding hydrogens is 282 g/mol. The van der Waals surface area contributed by atoms with E-state index in [2.05, 4.69) is 52.8 Å². The number of hydrogen-bond donors (Lipinski definition) is 1. The van der Waals surface area contributed by atoms with Crippen molar-refractivity contribution in [2.24, 2.45) is 11.7 Å². The van der Waals surface area contributed by atoms with Crippen molar-refractivity contribution in [1.29, 1.82) is 0 Å². The van der Waals surface area contributed by atoms with Crippen molar-refractivity contribution in [3.05, 3.63) is 34.9 Å². The van der Waals surface area contributed by atoms with Crippen LogP contribution in [0, 0.1) is 19.8 Å². The van der Waals surface area contributed by atoms with Gasteiger partial charge >= 0.3 is 0 Å². The molecule has 1 atom stereocenters. The average Bonchev–Trinajstić information content (AvgIpc) is 2.57. The summed E-state index contributed by atoms with van der Waals surface area (Å²) in [6.07, 6.45) is 6.12. The molecule has 0 radical (unpaired) electrons. The van der Waals surface area contributed by atoms with E-state index >= 15 is 0 Å². The summed E-state index contributed by atoms with van der Waals surface area (Å²) in [7, 11) is 0. The van der Waals surface area contributed by atoms with Crippen LogP contribution in [0.15, 0.2) is 18.2 Å². The average molecular weight is 322 g/mol. The number of aryl methyl sites for hydroxylation is 3. The fraction of sp³-hybridized carbons (Fsp3) is 0.667. The van der Waals surface area contributed by atoms with Crippen molar-refractivity contribution >= 4 is 5.78 Å². The van der Waals surface area contributed by atoms with Crippen molar-refractivity contribution in [3.63, 3.8) is 0 Å². The van der Waals surface area contributed by atoms with Crippen molar-refractivity contribution in [2.75, 3.05) is 6.54 Å². The topological polar surface area (TPSA) is 43.1 Å². The SMILES string of the molecule is CCC(C)C(=O)CN.CCCCC.CCc1ccc(C)c(C)c1. The zero-order valence-electron chi connectivity index (χ0n) is 16.5. The zero-order chi connectivity index (χ0) is 18.3. The molecule has 1 aromatic carbocycles. The van der Waals surface area contributed by atoms with Gasteiger partial charge in [-0.2, -0.15) is 0 Å². The Morgan fingerprint density at radius 3 is 1.87 bits per heavy atom. The summed E-state index contributed by atoms with van der Waals surface area (Å²) in [4.78, 5) is 10.6. The number of ketones is 1. The molecule has 0 saturated heterocycles. The van der Waals surface area contributed by atoms with Crippen LogP contribution in [-0.2, 0) is 11.2 Å². The number of benzene rings is 1. The maximum atomic E-state index is 10.6. The lowest BCUT2D eigenvalue weighted by Crippen LogP contribution is -2.20. The second-order valence-corrected chi connectivity index (χ2v) is 6.11. The molecule has 23 heavy (non-hydrogen) atoms. The molecule has 0 saturated carbocycles. The summed E-state index contributed by atoms with van der Waals surface area (Å²) in [5.41, 5.74) is 9.32. The first-order valence-corrected chi connectivity index (χ1v) is 9.16. The molecule has 0 spiro atoms. The second-order valence-electron chi connectivity index (χ2n) is 6.11. The highest BCUT2D eigenvalue weighted by Gasteiger charge is 2.06. The molecule has 0 aliphatic rings. The first-order chi connectivity index (χ1) is 10.9. The molecule has 0 amide bonds. The molecule has 2 N–H and O–H groups in total. The first-order valence-electron chi connectivity index (χ1n) is 9.16. The van der Waals surface area contributed by atoms with Crippen LogP contribution in [0.2, 0.25) is 0 Å². The third kappa shape index (κ3) is 13.0. The Morgan fingerprint density at radius 2 is 1.61 bits per heavy atom. The van der Waals surface area contributed by atoms with E-state index in [9.17, 15) is 4.79 Å². The lowest BCUT2D eigenvalue weighted by atomic mass is 10.0. The molecule has 0 aromatic heterocycles. The quantitative estimate of drug-likeness (QED) is 0.738. The summed E-state index contributed by atoms with van der Waals surface area (Å²) in [6.45, 7) is 15.0. The molecule has 1 aromatic rings. The number of carbonyl (C=O) groups excluding carboxylic acids is 1. The highest BCUT2D eigenvalue weighted by Crippen LogP contribution is 2.09. The van der Waals surface area contributed by atoms with Gasteiger partial charge in [-0.3, -0.25) is 4.79 Å². The third-order valence-electron chi connectivity index (χ3n) is 4.05. The van der Waals surface area contributed by atoms with Crippen LogP contribution in [-0.4, -0.2) is 12.3 Å². The van der Waals surface area contributed by atoms with E-state index in [1.165, 1.54) is 36.0 Å². The molecule has 2 heteroatoms. The lowest BCUT2D eigenvalue weighted by molar-refractivity contribution is -0.121. The van der Waals surface area contributed by atoms with E-state index in [1.807, 2.05) is 13.8 Å². The minimum absolute atomic E-state index is 0.153. The minimum Gasteiger partial charge on any atom is -0.324 e. The van der Waals surface area contributed by atoms with Crippen LogP contribution in [0.5, 0.6) is 0 Å². The lowest BCUT2D eigenvalue weighted by Gasteiger charge is -2.01. The maximum Gasteiger partial charge on any atom is 0.149 e. The van der Waals surface area contributed by atoms with Crippen molar-refractivity contribution in [3.8, 4) is 0 Å². The van der Waals surface area contributed by atoms with Gasteiger partial charge in [-0.05, 0) is 43.4 Å². The van der Waals surface area contributed by atoms with Crippen LogP contribution in [0.25, 0.3) is 0 Å². The van der Waals surface area contributed by atoms with Crippen molar-refractivity contribution < 1.29 is 4.79 Å². The van der Waals surface area contributed by atoms with E-state index in [-0.39, 0.29) is 18.2 Å². The Kier molecular flexibility index (Phi) is 16.5. The van der Waals surface area contributed by atoms with Gasteiger partial charge < -0.3 is 5.73 Å². The summed E-state index contributed by atoms with van der Waals surface area (Å²) >= 11 is 0. The van der Waals surface area contributed by atoms with E-state index < -0.39 is 0 Å². The predicted octanol–water partition coefficient (Wildman–Crippen LogP) is 5.62. The highest BCUT2D eigenvalue weighted by atomic mass is 16.1. The standard InChI is InChI=1S/C10H14.C6H13NO.C5H12/c1-4-10-6-5-8(2)9(3)7-10;1-3-5(2)6(8)4-7;1-3-5-4-2/h5-7H,4H2,1-3H3;5H,3-4,7H2,1-2H3;3-5H2,1-2H3. The predicted molar refractivity (Wildman–Crippen MR) is 104 cm³/mol. The normalized spacial score (nSPS) is 10.8. The summed E-state index contributed by atoms with van der Waals surface area (Å²) in [6, 6.07) is 6.64. The van der Waals surface area contributed by atoms with E-state index in [0.717, 1.165) is 12.8 Å². The van der Waals surface area contributed by atoms with Crippen LogP contribution in [0.4, 0.5) is 0 Å². The van der Waals surface area contributed by atoms with Gasteiger partial charge in [0.15, 0.2) is 0 Å². The molecule has 134 valence electrons. The Balaban J connectivity index is 0. The molecule has 2 nitrogen and oxygen atoms in total. The third-order valence-corrected chi connectivity index (χ3v) is 4.05. The zero-order valence-corrected chi connectivity index (χ0v) is 16.5. The monoisotopic (exact) mass is 321 g/mol. The van der Waals surface area contributed by atoms with E-state index in [0.29, 0.717) is 0 Å². The van der Waals surface area contributed by atoms with Gasteiger partial charge in [0.25, 0.3) is 0 Å². The molecule has 0 heterocycles. The Morgan fingerprint density at radius 1 is 1.04 bits per heavy atom. The first kappa shape index (κ1) is 24.1. The Labute approximate surface area is 144 Å². The smallest absolute Gasteiger partial charge is 0.149 e. The molecule has 1 rings (SSSR count). The number of unbranched alkanes of at least 4 members (excludes halogenated alkanes) is 2. The maximum absolute atomic E-state index is 10.6. The van der Waals surface area contributed by atoms with E-state index in [1.54, 1.807) is 0 Å². The fourth-order valence-corrected chi connectivity index (χ4v) is 1.81. The number of nitrogens with two attached hydrogens (primary N) is 1. The molecule has 0 aliphatic carbocycles. The summed E-state index contributed by atoms with van der Waals surface area (Å²) < 4.78 is 0. The number of carbonyl (C=O) groups is 1. The van der Waals surface area contributed by atoms with Crippen LogP contribution < -0.4 is 5.73 Å². The fourth-order valence-electron chi connectivity index (χ4n) is 1.81. The molecule has 0 fully saturated rings. The number of hydrogen-bond acceptors (Lipinski definition) is 2. The van der Waals surface area contributed by atoms with Crippen molar-refractivity contribution in [2.45, 2.75) is 80.6 Å². The van der Waals surface area contributed by atoms with Gasteiger partial charge in [0, 0.05) is 5.92 Å². The summed E-state index contributed by atoms with van der Waals surface area (Å²) in [5, 5.41) is 0. The largest absolute Gasteiger partial charge is 0.324 e. The molecule has 1 unspecified atom stereocenters. The highest BCUT2D eigenvalue weighted by molar-refractivity contribution is 5.82. The van der Waals surface area contributed by atoms with Gasteiger partial charge in [-0.1, -0.05) is 72.1 Å². The molecule has 0 bridgehead atoms. The molecular formula is C21H39NO. The van der Waals surface area contributed by atoms with Crippen LogP contribution in [0.3, 0.4) is 0 Å². The van der Waals surface area contributed by atoms with Crippen LogP contribution >= 0.6 is 0 Å². The Bertz CT molecular complexity index is 410.